The van der Waals surface area contributed by atoms with E-state index in [0.29, 0.717) is 6.42 Å². The first-order valence-corrected chi connectivity index (χ1v) is 4.94. The van der Waals surface area contributed by atoms with Gasteiger partial charge in [0.2, 0.25) is 0 Å². The average Bonchev–Trinajstić information content (AvgIpc) is 2.50. The van der Waals surface area contributed by atoms with Crippen LogP contribution >= 0.6 is 11.3 Å². The van der Waals surface area contributed by atoms with E-state index in [1.54, 1.807) is 11.3 Å². The van der Waals surface area contributed by atoms with Gasteiger partial charge >= 0.3 is 5.97 Å². The molecule has 0 saturated heterocycles. The summed E-state index contributed by atoms with van der Waals surface area (Å²) in [6.07, 6.45) is 0.558. The third-order valence-corrected chi connectivity index (χ3v) is 2.82. The number of carbonyl (C=O) groups is 1. The first-order chi connectivity index (χ1) is 6.15. The summed E-state index contributed by atoms with van der Waals surface area (Å²) in [4.78, 5) is 11.0. The van der Waals surface area contributed by atoms with Gasteiger partial charge < -0.3 is 10.5 Å². The second-order valence-corrected chi connectivity index (χ2v) is 3.66. The molecule has 0 aliphatic heterocycles. The lowest BCUT2D eigenvalue weighted by molar-refractivity contribution is -0.142. The molecule has 1 aromatic heterocycles. The molecular weight excluding hydrogens is 186 g/mol. The van der Waals surface area contributed by atoms with E-state index in [1.807, 2.05) is 17.7 Å². The molecule has 0 fully saturated rings. The van der Waals surface area contributed by atoms with Crippen LogP contribution in [0.15, 0.2) is 10.8 Å². The predicted molar refractivity (Wildman–Crippen MR) is 52.8 cm³/mol. The molecule has 1 aromatic rings. The van der Waals surface area contributed by atoms with Gasteiger partial charge in [-0.3, -0.25) is 4.79 Å². The van der Waals surface area contributed by atoms with Gasteiger partial charge in [-0.1, -0.05) is 0 Å². The molecule has 0 radical (unpaired) electrons. The molecule has 72 valence electrons. The van der Waals surface area contributed by atoms with Crippen molar-refractivity contribution in [1.29, 1.82) is 0 Å². The molecule has 0 saturated carbocycles. The van der Waals surface area contributed by atoms with Crippen LogP contribution in [0.3, 0.4) is 0 Å². The molecule has 0 spiro atoms. The minimum atomic E-state index is -0.543. The Balaban J connectivity index is 2.59. The van der Waals surface area contributed by atoms with Gasteiger partial charge in [-0.25, -0.2) is 0 Å². The first kappa shape index (κ1) is 10.2. The second kappa shape index (κ2) is 4.39. The summed E-state index contributed by atoms with van der Waals surface area (Å²) in [5.74, 6) is -0.356. The van der Waals surface area contributed by atoms with Crippen LogP contribution < -0.4 is 5.73 Å². The number of ether oxygens (including phenoxy) is 1. The van der Waals surface area contributed by atoms with Crippen molar-refractivity contribution in [2.75, 3.05) is 7.11 Å². The van der Waals surface area contributed by atoms with Gasteiger partial charge in [0.05, 0.1) is 7.11 Å². The maximum absolute atomic E-state index is 11.0. The smallest absolute Gasteiger partial charge is 0.322 e. The number of esters is 1. The van der Waals surface area contributed by atoms with E-state index in [-0.39, 0.29) is 5.97 Å². The van der Waals surface area contributed by atoms with Gasteiger partial charge in [-0.15, -0.1) is 0 Å². The van der Waals surface area contributed by atoms with Crippen molar-refractivity contribution >= 4 is 17.3 Å². The zero-order chi connectivity index (χ0) is 9.84. The predicted octanol–water partition coefficient (Wildman–Crippen LogP) is 1.10. The van der Waals surface area contributed by atoms with Crippen LogP contribution in [0.1, 0.15) is 11.1 Å². The SMILES string of the molecule is COC(=O)C(N)Cc1cscc1C. The Morgan fingerprint density at radius 2 is 2.38 bits per heavy atom. The lowest BCUT2D eigenvalue weighted by Crippen LogP contribution is -2.33. The van der Waals surface area contributed by atoms with Crippen molar-refractivity contribution < 1.29 is 9.53 Å². The van der Waals surface area contributed by atoms with Crippen LogP contribution in [-0.2, 0) is 16.0 Å². The average molecular weight is 199 g/mol. The maximum Gasteiger partial charge on any atom is 0.322 e. The summed E-state index contributed by atoms with van der Waals surface area (Å²) in [5, 5.41) is 4.05. The van der Waals surface area contributed by atoms with Gasteiger partial charge in [0.15, 0.2) is 0 Å². The largest absolute Gasteiger partial charge is 0.468 e. The van der Waals surface area contributed by atoms with Crippen molar-refractivity contribution in [2.24, 2.45) is 5.73 Å². The monoisotopic (exact) mass is 199 g/mol. The summed E-state index contributed by atoms with van der Waals surface area (Å²) >= 11 is 1.62. The van der Waals surface area contributed by atoms with E-state index >= 15 is 0 Å². The van der Waals surface area contributed by atoms with E-state index in [9.17, 15) is 4.79 Å². The minimum absolute atomic E-state index is 0.356. The van der Waals surface area contributed by atoms with E-state index in [2.05, 4.69) is 4.74 Å². The number of carbonyl (C=O) groups excluding carboxylic acids is 1. The Morgan fingerprint density at radius 3 is 2.85 bits per heavy atom. The highest BCUT2D eigenvalue weighted by atomic mass is 32.1. The quantitative estimate of drug-likeness (QED) is 0.742. The second-order valence-electron chi connectivity index (χ2n) is 2.91. The van der Waals surface area contributed by atoms with E-state index in [0.717, 1.165) is 5.56 Å². The van der Waals surface area contributed by atoms with Gasteiger partial charge in [0.1, 0.15) is 6.04 Å². The van der Waals surface area contributed by atoms with Crippen LogP contribution in [-0.4, -0.2) is 19.1 Å². The molecule has 0 aliphatic carbocycles. The van der Waals surface area contributed by atoms with Gasteiger partial charge in [0, 0.05) is 0 Å². The fourth-order valence-electron chi connectivity index (χ4n) is 1.07. The summed E-state index contributed by atoms with van der Waals surface area (Å²) in [5.41, 5.74) is 7.93. The molecule has 0 aliphatic rings. The summed E-state index contributed by atoms with van der Waals surface area (Å²) < 4.78 is 4.54. The molecule has 4 heteroatoms. The molecule has 1 atom stereocenters. The zero-order valence-corrected chi connectivity index (χ0v) is 8.56. The van der Waals surface area contributed by atoms with Crippen molar-refractivity contribution in [2.45, 2.75) is 19.4 Å². The van der Waals surface area contributed by atoms with Crippen LogP contribution in [0.2, 0.25) is 0 Å². The number of rotatable bonds is 3. The molecule has 13 heavy (non-hydrogen) atoms. The van der Waals surface area contributed by atoms with Crippen LogP contribution in [0.4, 0.5) is 0 Å². The summed E-state index contributed by atoms with van der Waals surface area (Å²) in [7, 11) is 1.35. The molecule has 1 rings (SSSR count). The van der Waals surface area contributed by atoms with Crippen molar-refractivity contribution in [3.8, 4) is 0 Å². The normalized spacial score (nSPS) is 12.5. The lowest BCUT2D eigenvalue weighted by Gasteiger charge is -2.08. The molecule has 1 heterocycles. The van der Waals surface area contributed by atoms with Gasteiger partial charge in [0.25, 0.3) is 0 Å². The Kier molecular flexibility index (Phi) is 3.45. The third-order valence-electron chi connectivity index (χ3n) is 1.91. The van der Waals surface area contributed by atoms with Crippen molar-refractivity contribution in [3.05, 3.63) is 21.9 Å². The standard InChI is InChI=1S/C9H13NO2S/c1-6-4-13-5-7(6)3-8(10)9(11)12-2/h4-5,8H,3,10H2,1-2H3. The van der Waals surface area contributed by atoms with Gasteiger partial charge in [-0.2, -0.15) is 11.3 Å². The summed E-state index contributed by atoms with van der Waals surface area (Å²) in [6, 6.07) is -0.543. The first-order valence-electron chi connectivity index (χ1n) is 4.00. The summed E-state index contributed by atoms with van der Waals surface area (Å²) in [6.45, 7) is 2.01. The number of methoxy groups -OCH3 is 1. The van der Waals surface area contributed by atoms with Crippen LogP contribution in [0.5, 0.6) is 0 Å². The van der Waals surface area contributed by atoms with E-state index in [1.165, 1.54) is 12.7 Å². The zero-order valence-electron chi connectivity index (χ0n) is 7.74. The Bertz CT molecular complexity index is 296. The molecule has 3 nitrogen and oxygen atoms in total. The van der Waals surface area contributed by atoms with Crippen LogP contribution in [0, 0.1) is 6.92 Å². The third kappa shape index (κ3) is 2.54. The number of hydrogen-bond acceptors (Lipinski definition) is 4. The molecule has 0 aromatic carbocycles. The lowest BCUT2D eigenvalue weighted by atomic mass is 10.1. The Morgan fingerprint density at radius 1 is 1.69 bits per heavy atom. The molecular formula is C9H13NO2S. The number of aryl methyl sites for hydroxylation is 1. The maximum atomic E-state index is 11.0. The molecule has 0 bridgehead atoms. The number of hydrogen-bond donors (Lipinski definition) is 1. The molecule has 2 N–H and O–H groups in total. The van der Waals surface area contributed by atoms with Gasteiger partial charge in [-0.05, 0) is 35.2 Å². The Hall–Kier alpha value is -0.870. The highest BCUT2D eigenvalue weighted by Crippen LogP contribution is 2.15. The fraction of sp³-hybridized carbons (Fsp3) is 0.444. The fourth-order valence-corrected chi connectivity index (χ4v) is 1.94. The highest BCUT2D eigenvalue weighted by molar-refractivity contribution is 7.08. The number of nitrogens with two attached hydrogens (primary N) is 1. The number of thiophene rings is 1. The van der Waals surface area contributed by atoms with E-state index in [4.69, 9.17) is 5.73 Å². The van der Waals surface area contributed by atoms with Crippen molar-refractivity contribution in [1.82, 2.24) is 0 Å². The topological polar surface area (TPSA) is 52.3 Å². The molecule has 0 amide bonds. The highest BCUT2D eigenvalue weighted by Gasteiger charge is 2.15. The molecule has 1 unspecified atom stereocenters. The Labute approximate surface area is 81.5 Å². The van der Waals surface area contributed by atoms with Crippen molar-refractivity contribution in [3.63, 3.8) is 0 Å². The van der Waals surface area contributed by atoms with E-state index < -0.39 is 6.04 Å². The minimum Gasteiger partial charge on any atom is -0.468 e. The van der Waals surface area contributed by atoms with Crippen LogP contribution in [0.25, 0.3) is 0 Å².